The van der Waals surface area contributed by atoms with Gasteiger partial charge >= 0.3 is 0 Å². The van der Waals surface area contributed by atoms with Crippen LogP contribution >= 0.6 is 11.6 Å². The van der Waals surface area contributed by atoms with Gasteiger partial charge in [-0.3, -0.25) is 0 Å². The van der Waals surface area contributed by atoms with Crippen molar-refractivity contribution < 1.29 is 4.55 Å². The van der Waals surface area contributed by atoms with Gasteiger partial charge < -0.3 is 4.55 Å². The summed E-state index contributed by atoms with van der Waals surface area (Å²) in [6.45, 7) is 5.82. The Morgan fingerprint density at radius 2 is 1.84 bits per heavy atom. The molecular formula is C15H20ClNOS. The monoisotopic (exact) mass is 297 g/mol. The van der Waals surface area contributed by atoms with Gasteiger partial charge in [0.1, 0.15) is 16.1 Å². The Kier molecular flexibility index (Phi) is 4.29. The summed E-state index contributed by atoms with van der Waals surface area (Å²) < 4.78 is 16.0. The molecule has 0 aliphatic heterocycles. The zero-order valence-corrected chi connectivity index (χ0v) is 13.2. The first kappa shape index (κ1) is 14.9. The van der Waals surface area contributed by atoms with Crippen LogP contribution in [0.1, 0.15) is 45.6 Å². The van der Waals surface area contributed by atoms with E-state index in [0.29, 0.717) is 0 Å². The second-order valence-electron chi connectivity index (χ2n) is 6.11. The molecule has 0 aromatic heterocycles. The molecule has 2 rings (SSSR count). The van der Waals surface area contributed by atoms with Crippen LogP contribution in [0.2, 0.25) is 5.02 Å². The average Bonchev–Trinajstić information content (AvgIpc) is 2.28. The first-order valence-electron chi connectivity index (χ1n) is 6.57. The van der Waals surface area contributed by atoms with E-state index in [-0.39, 0.29) is 10.2 Å². The van der Waals surface area contributed by atoms with Gasteiger partial charge in [0.2, 0.25) is 0 Å². The van der Waals surface area contributed by atoms with Crippen molar-refractivity contribution >= 4 is 29.2 Å². The second-order valence-corrected chi connectivity index (χ2v) is 8.48. The minimum Gasteiger partial charge on any atom is -0.591 e. The maximum Gasteiger partial charge on any atom is 0.144 e. The van der Waals surface area contributed by atoms with Gasteiger partial charge in [-0.15, -0.1) is 0 Å². The molecule has 1 atom stereocenters. The van der Waals surface area contributed by atoms with E-state index in [1.54, 1.807) is 0 Å². The maximum absolute atomic E-state index is 12.0. The first-order valence-corrected chi connectivity index (χ1v) is 8.05. The third kappa shape index (κ3) is 3.33. The topological polar surface area (TPSA) is 35.4 Å². The number of halogens is 1. The summed E-state index contributed by atoms with van der Waals surface area (Å²) in [7, 11) is 0. The van der Waals surface area contributed by atoms with Gasteiger partial charge in [0.25, 0.3) is 0 Å². The summed E-state index contributed by atoms with van der Waals surface area (Å²) in [5.74, 6) is 0. The number of nitrogens with zero attached hydrogens (tertiary/aromatic N) is 1. The summed E-state index contributed by atoms with van der Waals surface area (Å²) in [5.41, 5.74) is 1.18. The van der Waals surface area contributed by atoms with Crippen molar-refractivity contribution in [1.29, 1.82) is 0 Å². The first-order chi connectivity index (χ1) is 8.83. The number of rotatable bonds is 3. The predicted molar refractivity (Wildman–Crippen MR) is 83.4 cm³/mol. The van der Waals surface area contributed by atoms with Gasteiger partial charge in [-0.1, -0.05) is 34.6 Å². The molecule has 1 saturated carbocycles. The van der Waals surface area contributed by atoms with E-state index in [1.807, 2.05) is 51.3 Å². The van der Waals surface area contributed by atoms with Gasteiger partial charge in [-0.05, 0) is 51.3 Å². The average molecular weight is 298 g/mol. The molecule has 1 aromatic carbocycles. The molecule has 0 saturated heterocycles. The molecule has 19 heavy (non-hydrogen) atoms. The molecule has 0 unspecified atom stereocenters. The minimum absolute atomic E-state index is 0.0362. The van der Waals surface area contributed by atoms with E-state index in [0.717, 1.165) is 17.9 Å². The van der Waals surface area contributed by atoms with Crippen molar-refractivity contribution in [3.8, 4) is 0 Å². The largest absolute Gasteiger partial charge is 0.591 e. The lowest BCUT2D eigenvalue weighted by Gasteiger charge is -2.38. The molecule has 0 heterocycles. The van der Waals surface area contributed by atoms with E-state index in [2.05, 4.69) is 4.40 Å². The molecule has 0 bridgehead atoms. The Labute approximate surface area is 123 Å². The fourth-order valence-corrected chi connectivity index (χ4v) is 2.88. The van der Waals surface area contributed by atoms with Crippen LogP contribution in [-0.4, -0.2) is 15.5 Å². The van der Waals surface area contributed by atoms with Crippen LogP contribution < -0.4 is 0 Å². The Morgan fingerprint density at radius 1 is 1.26 bits per heavy atom. The van der Waals surface area contributed by atoms with Gasteiger partial charge in [0.05, 0.1) is 6.21 Å². The summed E-state index contributed by atoms with van der Waals surface area (Å²) in [6.07, 6.45) is 5.23. The standard InChI is InChI=1S/C15H20ClNOS/c1-14(2,3)19(18)17-11-15(9-4-10-15)12-5-7-13(16)8-6-12/h5-8,11H,4,9-10H2,1-3H3/t19-/m0/s1. The molecule has 1 aliphatic carbocycles. The fourth-order valence-electron chi connectivity index (χ4n) is 2.14. The highest BCUT2D eigenvalue weighted by Gasteiger charge is 2.38. The summed E-state index contributed by atoms with van der Waals surface area (Å²) in [5, 5.41) is 0.744. The molecule has 0 radical (unpaired) electrons. The zero-order valence-electron chi connectivity index (χ0n) is 11.6. The Hall–Kier alpha value is -0.510. The zero-order chi connectivity index (χ0) is 14.1. The van der Waals surface area contributed by atoms with Crippen LogP contribution in [0.3, 0.4) is 0 Å². The Balaban J connectivity index is 2.20. The molecule has 0 N–H and O–H groups in total. The Bertz CT molecular complexity index is 460. The summed E-state index contributed by atoms with van der Waals surface area (Å²) in [6, 6.07) is 7.91. The van der Waals surface area contributed by atoms with Crippen molar-refractivity contribution in [3.63, 3.8) is 0 Å². The highest BCUT2D eigenvalue weighted by atomic mass is 35.5. The van der Waals surface area contributed by atoms with Gasteiger partial charge in [-0.25, -0.2) is 0 Å². The predicted octanol–water partition coefficient (Wildman–Crippen LogP) is 4.29. The Morgan fingerprint density at radius 3 is 2.26 bits per heavy atom. The van der Waals surface area contributed by atoms with E-state index in [4.69, 9.17) is 11.6 Å². The molecular weight excluding hydrogens is 278 g/mol. The molecule has 0 amide bonds. The van der Waals surface area contributed by atoms with Gasteiger partial charge in [-0.2, -0.15) is 0 Å². The number of hydrogen-bond donors (Lipinski definition) is 0. The molecule has 1 aromatic rings. The van der Waals surface area contributed by atoms with Gasteiger partial charge in [0, 0.05) is 10.4 Å². The van der Waals surface area contributed by atoms with Crippen molar-refractivity contribution in [2.24, 2.45) is 4.40 Å². The van der Waals surface area contributed by atoms with Gasteiger partial charge in [0.15, 0.2) is 0 Å². The minimum atomic E-state index is -1.19. The quantitative estimate of drug-likeness (QED) is 0.605. The third-order valence-corrected chi connectivity index (χ3v) is 5.18. The smallest absolute Gasteiger partial charge is 0.144 e. The molecule has 1 aliphatic rings. The second kappa shape index (κ2) is 5.47. The molecule has 1 fully saturated rings. The fraction of sp³-hybridized carbons (Fsp3) is 0.533. The van der Waals surface area contributed by atoms with E-state index >= 15 is 0 Å². The summed E-state index contributed by atoms with van der Waals surface area (Å²) in [4.78, 5) is 0. The van der Waals surface area contributed by atoms with Crippen LogP contribution in [0.25, 0.3) is 0 Å². The number of hydrogen-bond acceptors (Lipinski definition) is 2. The van der Waals surface area contributed by atoms with Crippen LogP contribution in [0.5, 0.6) is 0 Å². The normalized spacial score (nSPS) is 20.3. The molecule has 0 spiro atoms. The number of benzene rings is 1. The van der Waals surface area contributed by atoms with E-state index in [9.17, 15) is 4.55 Å². The lowest BCUT2D eigenvalue weighted by Crippen LogP contribution is -2.37. The molecule has 4 heteroatoms. The summed E-state index contributed by atoms with van der Waals surface area (Å²) >= 11 is 4.74. The van der Waals surface area contributed by atoms with Crippen LogP contribution in [-0.2, 0) is 16.8 Å². The third-order valence-electron chi connectivity index (χ3n) is 3.58. The van der Waals surface area contributed by atoms with Crippen molar-refractivity contribution in [1.82, 2.24) is 0 Å². The van der Waals surface area contributed by atoms with Crippen LogP contribution in [0, 0.1) is 0 Å². The maximum atomic E-state index is 12.0. The van der Waals surface area contributed by atoms with E-state index in [1.165, 1.54) is 12.0 Å². The van der Waals surface area contributed by atoms with Crippen molar-refractivity contribution in [3.05, 3.63) is 34.9 Å². The molecule has 2 nitrogen and oxygen atoms in total. The van der Waals surface area contributed by atoms with Crippen molar-refractivity contribution in [2.45, 2.75) is 50.2 Å². The highest BCUT2D eigenvalue weighted by Crippen LogP contribution is 2.42. The lowest BCUT2D eigenvalue weighted by atomic mass is 9.65. The highest BCUT2D eigenvalue weighted by molar-refractivity contribution is 7.91. The van der Waals surface area contributed by atoms with Crippen LogP contribution in [0.4, 0.5) is 0 Å². The van der Waals surface area contributed by atoms with Crippen molar-refractivity contribution in [2.75, 3.05) is 0 Å². The molecule has 104 valence electrons. The SMILES string of the molecule is CC(C)(C)[S@+]([O-])N=CC1(c2ccc(Cl)cc2)CCC1. The lowest BCUT2D eigenvalue weighted by molar-refractivity contribution is 0.348. The van der Waals surface area contributed by atoms with E-state index < -0.39 is 11.4 Å². The van der Waals surface area contributed by atoms with Crippen LogP contribution in [0.15, 0.2) is 28.7 Å².